The fraction of sp³-hybridized carbons (Fsp3) is 0.600. The largest absolute Gasteiger partial charge is 0.237 e. The smallest absolute Gasteiger partial charge is 0.136 e. The topological polar surface area (TPSA) is 25.8 Å². The van der Waals surface area contributed by atoms with Gasteiger partial charge >= 0.3 is 0 Å². The first kappa shape index (κ1) is 8.95. The lowest BCUT2D eigenvalue weighted by molar-refractivity contribution is 0.700. The molecule has 0 unspecified atom stereocenters. The summed E-state index contributed by atoms with van der Waals surface area (Å²) in [5.41, 5.74) is 2.21. The molecule has 1 aromatic rings. The van der Waals surface area contributed by atoms with Crippen molar-refractivity contribution in [1.82, 2.24) is 9.97 Å². The van der Waals surface area contributed by atoms with E-state index in [1.165, 1.54) is 12.8 Å². The van der Waals surface area contributed by atoms with Crippen LogP contribution in [0.4, 0.5) is 0 Å². The van der Waals surface area contributed by atoms with Crippen LogP contribution in [0.1, 0.15) is 36.8 Å². The second kappa shape index (κ2) is 2.68. The lowest BCUT2D eigenvalue weighted by atomic mass is 10.1. The first-order valence-electron chi connectivity index (χ1n) is 4.54. The molecule has 1 fully saturated rings. The van der Waals surface area contributed by atoms with Crippen LogP contribution >= 0.6 is 11.6 Å². The molecule has 13 heavy (non-hydrogen) atoms. The van der Waals surface area contributed by atoms with Gasteiger partial charge in [-0.2, -0.15) is 0 Å². The van der Waals surface area contributed by atoms with E-state index >= 15 is 0 Å². The molecular weight excluding hydrogens is 184 g/mol. The number of hydrogen-bond donors (Lipinski definition) is 0. The average Bonchev–Trinajstić information content (AvgIpc) is 2.80. The Morgan fingerprint density at radius 1 is 1.23 bits per heavy atom. The van der Waals surface area contributed by atoms with E-state index in [1.54, 1.807) is 0 Å². The zero-order valence-electron chi connectivity index (χ0n) is 8.19. The van der Waals surface area contributed by atoms with Gasteiger partial charge in [-0.05, 0) is 26.7 Å². The average molecular weight is 197 g/mol. The third-order valence-corrected chi connectivity index (χ3v) is 3.24. The lowest BCUT2D eigenvalue weighted by Gasteiger charge is -2.09. The number of rotatable bonds is 1. The Balaban J connectivity index is 2.50. The Morgan fingerprint density at radius 2 is 1.85 bits per heavy atom. The van der Waals surface area contributed by atoms with Crippen molar-refractivity contribution in [3.05, 3.63) is 22.2 Å². The molecular formula is C10H13ClN2. The highest BCUT2D eigenvalue weighted by molar-refractivity contribution is 6.30. The van der Waals surface area contributed by atoms with Gasteiger partial charge in [-0.1, -0.05) is 18.5 Å². The molecule has 2 nitrogen and oxygen atoms in total. The Morgan fingerprint density at radius 3 is 2.31 bits per heavy atom. The summed E-state index contributed by atoms with van der Waals surface area (Å²) in [4.78, 5) is 8.79. The first-order chi connectivity index (χ1) is 6.03. The van der Waals surface area contributed by atoms with E-state index in [4.69, 9.17) is 11.6 Å². The Kier molecular flexibility index (Phi) is 1.84. The minimum Gasteiger partial charge on any atom is -0.237 e. The van der Waals surface area contributed by atoms with Gasteiger partial charge in [0.25, 0.3) is 0 Å². The molecule has 3 heteroatoms. The van der Waals surface area contributed by atoms with Crippen LogP contribution in [0, 0.1) is 13.8 Å². The van der Waals surface area contributed by atoms with Crippen LogP contribution in [0.15, 0.2) is 0 Å². The van der Waals surface area contributed by atoms with Crippen LogP contribution in [0.25, 0.3) is 0 Å². The predicted molar refractivity (Wildman–Crippen MR) is 53.1 cm³/mol. The van der Waals surface area contributed by atoms with Crippen molar-refractivity contribution in [1.29, 1.82) is 0 Å². The lowest BCUT2D eigenvalue weighted by Crippen LogP contribution is -2.09. The van der Waals surface area contributed by atoms with Crippen LogP contribution in [0.5, 0.6) is 0 Å². The SMILES string of the molecule is Cc1nc(C2(C)CC2)nc(Cl)c1C. The molecule has 0 amide bonds. The van der Waals surface area contributed by atoms with Crippen molar-refractivity contribution in [2.45, 2.75) is 39.0 Å². The highest BCUT2D eigenvalue weighted by Crippen LogP contribution is 2.46. The van der Waals surface area contributed by atoms with Gasteiger partial charge in [0, 0.05) is 16.7 Å². The monoisotopic (exact) mass is 196 g/mol. The van der Waals surface area contributed by atoms with Crippen LogP contribution in [-0.4, -0.2) is 9.97 Å². The normalized spacial score (nSPS) is 18.8. The van der Waals surface area contributed by atoms with E-state index in [1.807, 2.05) is 13.8 Å². The molecule has 0 N–H and O–H groups in total. The van der Waals surface area contributed by atoms with Gasteiger partial charge in [0.15, 0.2) is 0 Å². The van der Waals surface area contributed by atoms with E-state index in [-0.39, 0.29) is 5.41 Å². The molecule has 1 aliphatic carbocycles. The van der Waals surface area contributed by atoms with E-state index in [9.17, 15) is 0 Å². The Hall–Kier alpha value is -0.630. The molecule has 0 radical (unpaired) electrons. The van der Waals surface area contributed by atoms with Crippen LogP contribution in [0.2, 0.25) is 5.15 Å². The standard InChI is InChI=1S/C10H13ClN2/c1-6-7(2)12-9(13-8(6)11)10(3)4-5-10/h4-5H2,1-3H3. The molecule has 0 spiro atoms. The van der Waals surface area contributed by atoms with Crippen LogP contribution in [-0.2, 0) is 5.41 Å². The minimum absolute atomic E-state index is 0.210. The fourth-order valence-electron chi connectivity index (χ4n) is 1.27. The number of nitrogens with zero attached hydrogens (tertiary/aromatic N) is 2. The number of aryl methyl sites for hydroxylation is 1. The fourth-order valence-corrected chi connectivity index (χ4v) is 1.49. The van der Waals surface area contributed by atoms with E-state index in [0.717, 1.165) is 17.1 Å². The summed E-state index contributed by atoms with van der Waals surface area (Å²) < 4.78 is 0. The van der Waals surface area contributed by atoms with Gasteiger partial charge in [0.05, 0.1) is 0 Å². The van der Waals surface area contributed by atoms with Gasteiger partial charge in [-0.3, -0.25) is 0 Å². The summed E-state index contributed by atoms with van der Waals surface area (Å²) in [6.45, 7) is 6.13. The number of halogens is 1. The predicted octanol–water partition coefficient (Wildman–Crippen LogP) is 2.80. The molecule has 1 aromatic heterocycles. The van der Waals surface area contributed by atoms with E-state index < -0.39 is 0 Å². The van der Waals surface area contributed by atoms with Gasteiger partial charge in [-0.25, -0.2) is 9.97 Å². The highest BCUT2D eigenvalue weighted by atomic mass is 35.5. The van der Waals surface area contributed by atoms with Crippen molar-refractivity contribution in [2.75, 3.05) is 0 Å². The van der Waals surface area contributed by atoms with Crippen molar-refractivity contribution >= 4 is 11.6 Å². The van der Waals surface area contributed by atoms with Gasteiger partial charge in [0.1, 0.15) is 11.0 Å². The van der Waals surface area contributed by atoms with Crippen molar-refractivity contribution in [3.8, 4) is 0 Å². The molecule has 0 aliphatic heterocycles. The summed E-state index contributed by atoms with van der Waals surface area (Å²) in [5.74, 6) is 0.917. The molecule has 1 heterocycles. The summed E-state index contributed by atoms with van der Waals surface area (Å²) in [6, 6.07) is 0. The minimum atomic E-state index is 0.210. The van der Waals surface area contributed by atoms with Gasteiger partial charge < -0.3 is 0 Å². The van der Waals surface area contributed by atoms with Gasteiger partial charge in [-0.15, -0.1) is 0 Å². The van der Waals surface area contributed by atoms with Crippen molar-refractivity contribution in [2.24, 2.45) is 0 Å². The number of aromatic nitrogens is 2. The second-order valence-corrected chi connectivity index (χ2v) is 4.47. The molecule has 1 aliphatic rings. The Labute approximate surface area is 83.4 Å². The van der Waals surface area contributed by atoms with Crippen molar-refractivity contribution in [3.63, 3.8) is 0 Å². The van der Waals surface area contributed by atoms with Crippen LogP contribution in [0.3, 0.4) is 0 Å². The molecule has 0 bridgehead atoms. The van der Waals surface area contributed by atoms with Crippen LogP contribution < -0.4 is 0 Å². The third-order valence-electron chi connectivity index (χ3n) is 2.87. The molecule has 0 saturated heterocycles. The zero-order chi connectivity index (χ0) is 9.64. The van der Waals surface area contributed by atoms with E-state index in [2.05, 4.69) is 16.9 Å². The maximum absolute atomic E-state index is 6.00. The Bertz CT molecular complexity index is 333. The molecule has 2 rings (SSSR count). The zero-order valence-corrected chi connectivity index (χ0v) is 8.94. The summed E-state index contributed by atoms with van der Waals surface area (Å²) in [6.07, 6.45) is 2.37. The van der Waals surface area contributed by atoms with Crippen molar-refractivity contribution < 1.29 is 0 Å². The maximum Gasteiger partial charge on any atom is 0.136 e. The molecule has 70 valence electrons. The molecule has 0 atom stereocenters. The molecule has 1 saturated carbocycles. The summed E-state index contributed by atoms with van der Waals surface area (Å²) in [7, 11) is 0. The third kappa shape index (κ3) is 1.44. The maximum atomic E-state index is 6.00. The van der Waals surface area contributed by atoms with Gasteiger partial charge in [0.2, 0.25) is 0 Å². The quantitative estimate of drug-likeness (QED) is 0.646. The summed E-state index contributed by atoms with van der Waals surface area (Å²) in [5, 5.41) is 0.607. The molecule has 0 aromatic carbocycles. The first-order valence-corrected chi connectivity index (χ1v) is 4.92. The second-order valence-electron chi connectivity index (χ2n) is 4.11. The highest BCUT2D eigenvalue weighted by Gasteiger charge is 2.42. The van der Waals surface area contributed by atoms with E-state index in [0.29, 0.717) is 5.15 Å². The number of hydrogen-bond acceptors (Lipinski definition) is 2. The summed E-state index contributed by atoms with van der Waals surface area (Å²) >= 11 is 6.00.